The molecule has 214 valence electrons. The fourth-order valence-corrected chi connectivity index (χ4v) is 4.41. The van der Waals surface area contributed by atoms with Crippen molar-refractivity contribution < 1.29 is 33.4 Å². The maximum absolute atomic E-state index is 12.4. The quantitative estimate of drug-likeness (QED) is 0.211. The first kappa shape index (κ1) is 28.8. The van der Waals surface area contributed by atoms with Crippen LogP contribution in [-0.4, -0.2) is 70.8 Å². The van der Waals surface area contributed by atoms with Crippen LogP contribution in [0.5, 0.6) is 5.75 Å². The molecule has 0 saturated carbocycles. The fraction of sp³-hybridized carbons (Fsp3) is 0.464. The number of guanidine groups is 1. The number of methoxy groups -OCH3 is 1. The van der Waals surface area contributed by atoms with Crippen LogP contribution in [0, 0.1) is 0 Å². The molecule has 0 radical (unpaired) electrons. The third-order valence-electron chi connectivity index (χ3n) is 6.15. The number of ether oxygens (including phenoxy) is 3. The van der Waals surface area contributed by atoms with Crippen LogP contribution in [0.2, 0.25) is 0 Å². The topological polar surface area (TPSA) is 149 Å². The van der Waals surface area contributed by atoms with E-state index in [1.807, 2.05) is 36.4 Å². The summed E-state index contributed by atoms with van der Waals surface area (Å²) in [5.74, 6) is 1.36. The number of carbonyl (C=O) groups excluding carboxylic acids is 1. The van der Waals surface area contributed by atoms with E-state index in [1.165, 1.54) is 0 Å². The lowest BCUT2D eigenvalue weighted by atomic mass is 10.1. The maximum Gasteiger partial charge on any atom is 0.434 e. The lowest BCUT2D eigenvalue weighted by Crippen LogP contribution is -2.46. The van der Waals surface area contributed by atoms with Gasteiger partial charge in [-0.2, -0.15) is 4.98 Å². The third-order valence-corrected chi connectivity index (χ3v) is 6.15. The minimum Gasteiger partial charge on any atom is -0.494 e. The molecule has 2 N–H and O–H groups in total. The first-order valence-electron chi connectivity index (χ1n) is 13.2. The summed E-state index contributed by atoms with van der Waals surface area (Å²) in [6, 6.07) is 11.3. The van der Waals surface area contributed by atoms with Crippen molar-refractivity contribution in [1.29, 1.82) is 0 Å². The van der Waals surface area contributed by atoms with E-state index in [1.54, 1.807) is 32.8 Å². The van der Waals surface area contributed by atoms with Gasteiger partial charge in [0.05, 0.1) is 6.61 Å². The smallest absolute Gasteiger partial charge is 0.434 e. The molecule has 2 amide bonds. The monoisotopic (exact) mass is 553 g/mol. The highest BCUT2D eigenvalue weighted by molar-refractivity contribution is 5.98. The van der Waals surface area contributed by atoms with Crippen LogP contribution < -0.4 is 10.1 Å². The molecule has 0 aliphatic carbocycles. The SMILES string of the molecule is COCCCCOc1ccc2cc(-c3noc(C4CCCN4C(=NC(=O)O)NC(=O)OC(C)(C)C)n3)ccc2c1. The molecule has 1 saturated heterocycles. The summed E-state index contributed by atoms with van der Waals surface area (Å²) < 4.78 is 21.8. The molecule has 0 bridgehead atoms. The standard InChI is InChI=1S/C28H35N5O7/c1-28(2,3)39-27(36)31-25(30-26(34)35)33-13-7-8-22(33)24-29-23(32-40-24)20-10-9-19-17-21(12-11-18(19)16-20)38-15-6-5-14-37-4/h9-12,16-17,22H,5-8,13-15H2,1-4H3,(H,34,35)(H,30,31,36). The fourth-order valence-electron chi connectivity index (χ4n) is 4.41. The Labute approximate surface area is 232 Å². The van der Waals surface area contributed by atoms with E-state index >= 15 is 0 Å². The molecule has 1 unspecified atom stereocenters. The van der Waals surface area contributed by atoms with Crippen molar-refractivity contribution in [2.24, 2.45) is 4.99 Å². The average molecular weight is 554 g/mol. The van der Waals surface area contributed by atoms with E-state index in [-0.39, 0.29) is 5.96 Å². The summed E-state index contributed by atoms with van der Waals surface area (Å²) in [6.45, 7) is 6.93. The van der Waals surface area contributed by atoms with Crippen molar-refractivity contribution >= 4 is 28.9 Å². The summed E-state index contributed by atoms with van der Waals surface area (Å²) in [6.07, 6.45) is 0.946. The Hall–Kier alpha value is -4.19. The number of amides is 2. The van der Waals surface area contributed by atoms with Gasteiger partial charge in [0, 0.05) is 25.8 Å². The zero-order chi connectivity index (χ0) is 28.7. The number of aliphatic imine (C=N–C) groups is 1. The summed E-state index contributed by atoms with van der Waals surface area (Å²) >= 11 is 0. The Morgan fingerprint density at radius 3 is 2.65 bits per heavy atom. The van der Waals surface area contributed by atoms with Crippen LogP contribution in [0.1, 0.15) is 58.4 Å². The van der Waals surface area contributed by atoms with Crippen molar-refractivity contribution in [2.45, 2.75) is 58.1 Å². The lowest BCUT2D eigenvalue weighted by molar-refractivity contribution is 0.0555. The van der Waals surface area contributed by atoms with Crippen LogP contribution in [-0.2, 0) is 9.47 Å². The number of nitrogens with one attached hydrogen (secondary N) is 1. The first-order valence-corrected chi connectivity index (χ1v) is 13.2. The molecule has 40 heavy (non-hydrogen) atoms. The van der Waals surface area contributed by atoms with Crippen molar-refractivity contribution in [1.82, 2.24) is 20.4 Å². The third kappa shape index (κ3) is 7.69. The molecule has 1 fully saturated rings. The first-order chi connectivity index (χ1) is 19.1. The largest absolute Gasteiger partial charge is 0.494 e. The van der Waals surface area contributed by atoms with Gasteiger partial charge in [-0.3, -0.25) is 5.32 Å². The molecule has 1 aliphatic heterocycles. The highest BCUT2D eigenvalue weighted by atomic mass is 16.6. The van der Waals surface area contributed by atoms with Crippen LogP contribution in [0.4, 0.5) is 9.59 Å². The molecular weight excluding hydrogens is 518 g/mol. The summed E-state index contributed by atoms with van der Waals surface area (Å²) in [5, 5.41) is 18.0. The van der Waals surface area contributed by atoms with Crippen LogP contribution in [0.25, 0.3) is 22.2 Å². The zero-order valence-corrected chi connectivity index (χ0v) is 23.2. The molecule has 3 aromatic rings. The number of benzene rings is 2. The van der Waals surface area contributed by atoms with Gasteiger partial charge in [-0.15, -0.1) is 4.99 Å². The van der Waals surface area contributed by atoms with Crippen molar-refractivity contribution in [3.05, 3.63) is 42.3 Å². The molecule has 12 heteroatoms. The number of fused-ring (bicyclic) bond motifs is 1. The van der Waals surface area contributed by atoms with Crippen LogP contribution in [0.15, 0.2) is 45.9 Å². The molecule has 1 aliphatic rings. The Balaban J connectivity index is 1.48. The molecule has 1 aromatic heterocycles. The second-order valence-corrected chi connectivity index (χ2v) is 10.4. The van der Waals surface area contributed by atoms with E-state index in [0.29, 0.717) is 37.7 Å². The van der Waals surface area contributed by atoms with Gasteiger partial charge in [0.15, 0.2) is 0 Å². The van der Waals surface area contributed by atoms with Gasteiger partial charge in [-0.1, -0.05) is 23.4 Å². The molecular formula is C28H35N5O7. The van der Waals surface area contributed by atoms with E-state index in [4.69, 9.17) is 18.7 Å². The van der Waals surface area contributed by atoms with Crippen LogP contribution >= 0.6 is 0 Å². The summed E-state index contributed by atoms with van der Waals surface area (Å²) in [5.41, 5.74) is 0.00882. The van der Waals surface area contributed by atoms with Gasteiger partial charge >= 0.3 is 12.2 Å². The summed E-state index contributed by atoms with van der Waals surface area (Å²) in [4.78, 5) is 33.6. The molecule has 2 heterocycles. The molecule has 2 aromatic carbocycles. The van der Waals surface area contributed by atoms with E-state index in [9.17, 15) is 14.7 Å². The van der Waals surface area contributed by atoms with Gasteiger partial charge < -0.3 is 28.7 Å². The normalized spacial score (nSPS) is 15.8. The molecule has 4 rings (SSSR count). The zero-order valence-electron chi connectivity index (χ0n) is 23.2. The Morgan fingerprint density at radius 2 is 1.90 bits per heavy atom. The van der Waals surface area contributed by atoms with Crippen molar-refractivity contribution in [3.8, 4) is 17.1 Å². The number of carbonyl (C=O) groups is 2. The number of alkyl carbamates (subject to hydrolysis) is 1. The number of carboxylic acid groups (broad SMARTS) is 1. The summed E-state index contributed by atoms with van der Waals surface area (Å²) in [7, 11) is 1.69. The number of aromatic nitrogens is 2. The predicted octanol–water partition coefficient (Wildman–Crippen LogP) is 5.39. The number of rotatable bonds is 8. The highest BCUT2D eigenvalue weighted by Crippen LogP contribution is 2.33. The predicted molar refractivity (Wildman–Crippen MR) is 147 cm³/mol. The highest BCUT2D eigenvalue weighted by Gasteiger charge is 2.35. The van der Waals surface area contributed by atoms with Gasteiger partial charge in [-0.25, -0.2) is 9.59 Å². The van der Waals surface area contributed by atoms with Gasteiger partial charge in [0.2, 0.25) is 17.7 Å². The Morgan fingerprint density at radius 1 is 1.15 bits per heavy atom. The maximum atomic E-state index is 12.4. The van der Waals surface area contributed by atoms with Gasteiger partial charge in [-0.05, 0) is 75.4 Å². The number of unbranched alkanes of at least 4 members (excludes halogenated alkanes) is 1. The number of hydrogen-bond donors (Lipinski definition) is 2. The number of hydrogen-bond acceptors (Lipinski definition) is 8. The second-order valence-electron chi connectivity index (χ2n) is 10.4. The molecule has 12 nitrogen and oxygen atoms in total. The lowest BCUT2D eigenvalue weighted by Gasteiger charge is -2.26. The minimum atomic E-state index is -1.45. The number of likely N-dealkylation sites (tertiary alicyclic amines) is 1. The van der Waals surface area contributed by atoms with Crippen molar-refractivity contribution in [2.75, 3.05) is 26.9 Å². The average Bonchev–Trinajstić information content (AvgIpc) is 3.56. The van der Waals surface area contributed by atoms with Crippen LogP contribution in [0.3, 0.4) is 0 Å². The minimum absolute atomic E-state index is 0.147. The molecule has 0 spiro atoms. The number of nitrogens with zero attached hydrogens (tertiary/aromatic N) is 4. The Kier molecular flexibility index (Phi) is 9.20. The van der Waals surface area contributed by atoms with Gasteiger partial charge in [0.1, 0.15) is 17.4 Å². The van der Waals surface area contributed by atoms with E-state index < -0.39 is 23.8 Å². The van der Waals surface area contributed by atoms with E-state index in [0.717, 1.165) is 41.5 Å². The van der Waals surface area contributed by atoms with Crippen molar-refractivity contribution in [3.63, 3.8) is 0 Å². The molecule has 1 atom stereocenters. The second kappa shape index (κ2) is 12.8. The van der Waals surface area contributed by atoms with E-state index in [2.05, 4.69) is 20.4 Å². The van der Waals surface area contributed by atoms with Gasteiger partial charge in [0.25, 0.3) is 0 Å². The Bertz CT molecular complexity index is 1360.